The molecule has 0 bridgehead atoms. The van der Waals surface area contributed by atoms with Crippen LogP contribution < -0.4 is 11.5 Å². The first kappa shape index (κ1) is 19.0. The summed E-state index contributed by atoms with van der Waals surface area (Å²) in [7, 11) is 0. The van der Waals surface area contributed by atoms with Crippen molar-refractivity contribution in [1.82, 2.24) is 0 Å². The molecule has 0 fully saturated rings. The van der Waals surface area contributed by atoms with Gasteiger partial charge in [-0.2, -0.15) is 0 Å². The third-order valence-electron chi connectivity index (χ3n) is 4.55. The lowest BCUT2D eigenvalue weighted by Crippen LogP contribution is -2.10. The summed E-state index contributed by atoms with van der Waals surface area (Å²) in [6.07, 6.45) is 11.3. The lowest BCUT2D eigenvalue weighted by Gasteiger charge is -1.95. The van der Waals surface area contributed by atoms with Crippen molar-refractivity contribution in [2.24, 2.45) is 11.5 Å². The van der Waals surface area contributed by atoms with E-state index in [0.29, 0.717) is 11.1 Å². The van der Waals surface area contributed by atoms with Crippen LogP contribution in [0.5, 0.6) is 0 Å². The van der Waals surface area contributed by atoms with Gasteiger partial charge in [-0.1, -0.05) is 24.3 Å². The molecule has 148 valence electrons. The zero-order chi connectivity index (χ0) is 21.1. The molecular formula is C24H20N4O2. The number of hydrogen-bond acceptors (Lipinski definition) is 4. The summed E-state index contributed by atoms with van der Waals surface area (Å²) in [6.45, 7) is 0. The number of allylic oxidation sites excluding steroid dienone is 4. The van der Waals surface area contributed by atoms with Crippen LogP contribution in [-0.4, -0.2) is 11.7 Å². The Labute approximate surface area is 172 Å². The molecule has 2 heterocycles. The van der Waals surface area contributed by atoms with E-state index in [4.69, 9.17) is 31.1 Å². The molecule has 30 heavy (non-hydrogen) atoms. The van der Waals surface area contributed by atoms with Gasteiger partial charge in [0.25, 0.3) is 0 Å². The first-order valence-electron chi connectivity index (χ1n) is 9.27. The van der Waals surface area contributed by atoms with E-state index in [0.717, 1.165) is 33.5 Å². The van der Waals surface area contributed by atoms with Crippen LogP contribution in [0.15, 0.2) is 81.7 Å². The van der Waals surface area contributed by atoms with Crippen LogP contribution in [-0.2, 0) is 0 Å². The molecule has 6 nitrogen and oxygen atoms in total. The molecule has 6 N–H and O–H groups in total. The maximum Gasteiger partial charge on any atom is 0.134 e. The van der Waals surface area contributed by atoms with Gasteiger partial charge >= 0.3 is 0 Å². The predicted molar refractivity (Wildman–Crippen MR) is 122 cm³/mol. The van der Waals surface area contributed by atoms with E-state index >= 15 is 0 Å². The third-order valence-corrected chi connectivity index (χ3v) is 4.55. The largest absolute Gasteiger partial charge is 0.457 e. The number of amidine groups is 2. The molecule has 4 aromatic rings. The Morgan fingerprint density at radius 1 is 0.633 bits per heavy atom. The molecule has 0 radical (unpaired) electrons. The van der Waals surface area contributed by atoms with Crippen molar-refractivity contribution in [1.29, 1.82) is 10.8 Å². The highest BCUT2D eigenvalue weighted by molar-refractivity contribution is 5.99. The minimum absolute atomic E-state index is 0.0358. The van der Waals surface area contributed by atoms with Gasteiger partial charge in [-0.25, -0.2) is 0 Å². The quantitative estimate of drug-likeness (QED) is 0.207. The maximum atomic E-state index is 7.51. The molecular weight excluding hydrogens is 376 g/mol. The van der Waals surface area contributed by atoms with Crippen molar-refractivity contribution in [3.05, 3.63) is 95.5 Å². The van der Waals surface area contributed by atoms with E-state index in [9.17, 15) is 0 Å². The van der Waals surface area contributed by atoms with Crippen LogP contribution in [0.2, 0.25) is 0 Å². The minimum Gasteiger partial charge on any atom is -0.457 e. The molecule has 0 amide bonds. The number of nitrogens with two attached hydrogens (primary N) is 2. The predicted octanol–water partition coefficient (Wildman–Crippen LogP) is 5.03. The molecule has 0 aliphatic rings. The fourth-order valence-corrected chi connectivity index (χ4v) is 3.06. The molecule has 0 unspecified atom stereocenters. The number of benzene rings is 2. The van der Waals surface area contributed by atoms with Crippen molar-refractivity contribution in [2.75, 3.05) is 0 Å². The lowest BCUT2D eigenvalue weighted by molar-refractivity contribution is 0.604. The van der Waals surface area contributed by atoms with Gasteiger partial charge in [0.05, 0.1) is 0 Å². The second kappa shape index (κ2) is 7.97. The summed E-state index contributed by atoms with van der Waals surface area (Å²) in [5.41, 5.74) is 13.9. The van der Waals surface area contributed by atoms with Crippen molar-refractivity contribution in [3.63, 3.8) is 0 Å². The number of nitrogens with one attached hydrogen (secondary N) is 2. The molecule has 2 aromatic carbocycles. The number of nitrogen functional groups attached to an aromatic ring is 2. The molecule has 2 aromatic heterocycles. The summed E-state index contributed by atoms with van der Waals surface area (Å²) in [5, 5.41) is 16.8. The summed E-state index contributed by atoms with van der Waals surface area (Å²) in [5.74, 6) is 1.51. The monoisotopic (exact) mass is 396 g/mol. The first-order chi connectivity index (χ1) is 14.5. The second-order valence-corrected chi connectivity index (χ2v) is 6.73. The van der Waals surface area contributed by atoms with Gasteiger partial charge in [0.2, 0.25) is 0 Å². The average Bonchev–Trinajstić information content (AvgIpc) is 3.32. The van der Waals surface area contributed by atoms with Gasteiger partial charge in [-0.15, -0.1) is 0 Å². The summed E-state index contributed by atoms with van der Waals surface area (Å²) in [4.78, 5) is 0. The van der Waals surface area contributed by atoms with Crippen LogP contribution in [0.3, 0.4) is 0 Å². The van der Waals surface area contributed by atoms with E-state index in [2.05, 4.69) is 0 Å². The van der Waals surface area contributed by atoms with Gasteiger partial charge < -0.3 is 20.3 Å². The topological polar surface area (TPSA) is 126 Å². The normalized spacial score (nSPS) is 12.1. The van der Waals surface area contributed by atoms with E-state index in [1.165, 1.54) is 0 Å². The van der Waals surface area contributed by atoms with Gasteiger partial charge in [0.15, 0.2) is 0 Å². The summed E-state index contributed by atoms with van der Waals surface area (Å²) in [6, 6.07) is 14.7. The Bertz CT molecular complexity index is 1250. The molecule has 4 rings (SSSR count). The highest BCUT2D eigenvalue weighted by Gasteiger charge is 2.05. The van der Waals surface area contributed by atoms with Crippen molar-refractivity contribution < 1.29 is 8.83 Å². The van der Waals surface area contributed by atoms with E-state index in [1.807, 2.05) is 72.9 Å². The summed E-state index contributed by atoms with van der Waals surface area (Å²) >= 11 is 0. The van der Waals surface area contributed by atoms with Gasteiger partial charge in [0.1, 0.15) is 34.4 Å². The van der Waals surface area contributed by atoms with Crippen molar-refractivity contribution in [2.45, 2.75) is 0 Å². The molecule has 0 aliphatic heterocycles. The highest BCUT2D eigenvalue weighted by Crippen LogP contribution is 2.22. The van der Waals surface area contributed by atoms with E-state index in [1.54, 1.807) is 12.1 Å². The fraction of sp³-hybridized carbons (Fsp3) is 0. The minimum atomic E-state index is 0.0358. The second-order valence-electron chi connectivity index (χ2n) is 6.73. The van der Waals surface area contributed by atoms with Crippen LogP contribution >= 0.6 is 0 Å². The lowest BCUT2D eigenvalue weighted by atomic mass is 10.1. The number of rotatable bonds is 6. The standard InChI is InChI=1S/C24H20N4O2/c25-23(26)15-7-9-21-17(11-15)13-19(29-21)5-3-1-2-4-6-20-14-18-12-16(24(27)28)8-10-22(18)30-20/h1-14H,(H3,25,26)(H3,27,28)/b2-1+,5-3+,6-4+. The highest BCUT2D eigenvalue weighted by atomic mass is 16.3. The van der Waals surface area contributed by atoms with Crippen LogP contribution in [0, 0.1) is 10.8 Å². The van der Waals surface area contributed by atoms with Crippen LogP contribution in [0.25, 0.3) is 34.1 Å². The van der Waals surface area contributed by atoms with Crippen molar-refractivity contribution >= 4 is 45.8 Å². The first-order valence-corrected chi connectivity index (χ1v) is 9.27. The Hall–Kier alpha value is -4.32. The van der Waals surface area contributed by atoms with Gasteiger partial charge in [0, 0.05) is 21.9 Å². The Morgan fingerprint density at radius 2 is 1.07 bits per heavy atom. The zero-order valence-electron chi connectivity index (χ0n) is 16.1. The maximum absolute atomic E-state index is 7.51. The molecule has 6 heteroatoms. The van der Waals surface area contributed by atoms with E-state index in [-0.39, 0.29) is 11.7 Å². The third kappa shape index (κ3) is 4.07. The van der Waals surface area contributed by atoms with Crippen molar-refractivity contribution in [3.8, 4) is 0 Å². The summed E-state index contributed by atoms with van der Waals surface area (Å²) < 4.78 is 11.5. The number of hydrogen-bond donors (Lipinski definition) is 4. The molecule has 0 atom stereocenters. The molecule has 0 spiro atoms. The molecule has 0 aliphatic carbocycles. The van der Waals surface area contributed by atoms with Gasteiger partial charge in [-0.05, 0) is 60.7 Å². The number of fused-ring (bicyclic) bond motifs is 2. The Morgan fingerprint density at radius 3 is 1.47 bits per heavy atom. The zero-order valence-corrected chi connectivity index (χ0v) is 16.1. The molecule has 0 saturated heterocycles. The van der Waals surface area contributed by atoms with Gasteiger partial charge in [-0.3, -0.25) is 10.8 Å². The smallest absolute Gasteiger partial charge is 0.134 e. The molecule has 0 saturated carbocycles. The Balaban J connectivity index is 1.42. The van der Waals surface area contributed by atoms with Crippen LogP contribution in [0.4, 0.5) is 0 Å². The van der Waals surface area contributed by atoms with E-state index < -0.39 is 0 Å². The Kier molecular flexibility index (Phi) is 5.05. The fourth-order valence-electron chi connectivity index (χ4n) is 3.06. The van der Waals surface area contributed by atoms with Crippen LogP contribution in [0.1, 0.15) is 22.6 Å². The SMILES string of the molecule is N=C(N)c1ccc2oc(/C=C/C=C/C=C/c3cc4cc(C(=N)N)ccc4o3)cc2c1. The average molecular weight is 396 g/mol. The number of furan rings is 2.